The van der Waals surface area contributed by atoms with Crippen molar-refractivity contribution in [2.75, 3.05) is 19.6 Å². The van der Waals surface area contributed by atoms with E-state index < -0.39 is 0 Å². The highest BCUT2D eigenvalue weighted by Crippen LogP contribution is 2.41. The molecule has 0 radical (unpaired) electrons. The fourth-order valence-electron chi connectivity index (χ4n) is 4.14. The molecular weight excluding hydrogens is 260 g/mol. The highest BCUT2D eigenvalue weighted by atomic mass is 16.3. The minimum atomic E-state index is -0.279. The van der Waals surface area contributed by atoms with Gasteiger partial charge in [-0.3, -0.25) is 0 Å². The summed E-state index contributed by atoms with van der Waals surface area (Å²) in [4.78, 5) is 2.60. The van der Waals surface area contributed by atoms with E-state index in [9.17, 15) is 5.11 Å². The second-order valence-electron chi connectivity index (χ2n) is 7.80. The molecule has 118 valence electrons. The second-order valence-corrected chi connectivity index (χ2v) is 7.80. The Kier molecular flexibility index (Phi) is 4.15. The first kappa shape index (κ1) is 15.1. The molecule has 0 spiro atoms. The first-order chi connectivity index (χ1) is 9.96. The zero-order valence-corrected chi connectivity index (χ0v) is 13.9. The predicted molar refractivity (Wildman–Crippen MR) is 86.5 cm³/mol. The van der Waals surface area contributed by atoms with Gasteiger partial charge in [0, 0.05) is 30.0 Å². The van der Waals surface area contributed by atoms with Gasteiger partial charge in [-0.05, 0) is 57.2 Å². The number of rotatable bonds is 3. The van der Waals surface area contributed by atoms with Crippen molar-refractivity contribution in [3.05, 3.63) is 23.0 Å². The van der Waals surface area contributed by atoms with Crippen LogP contribution in [0.25, 0.3) is 0 Å². The quantitative estimate of drug-likeness (QED) is 0.925. The van der Waals surface area contributed by atoms with Crippen LogP contribution in [0.5, 0.6) is 0 Å². The van der Waals surface area contributed by atoms with Crippen LogP contribution in [-0.4, -0.2) is 34.2 Å². The van der Waals surface area contributed by atoms with Crippen molar-refractivity contribution in [1.82, 2.24) is 9.47 Å². The summed E-state index contributed by atoms with van der Waals surface area (Å²) in [6, 6.07) is 2.21. The molecular formula is C18H30N2O. The van der Waals surface area contributed by atoms with E-state index in [2.05, 4.69) is 36.3 Å². The highest BCUT2D eigenvalue weighted by molar-refractivity contribution is 5.33. The van der Waals surface area contributed by atoms with Crippen molar-refractivity contribution in [3.63, 3.8) is 0 Å². The highest BCUT2D eigenvalue weighted by Gasteiger charge is 2.34. The van der Waals surface area contributed by atoms with Crippen LogP contribution in [0, 0.1) is 12.3 Å². The summed E-state index contributed by atoms with van der Waals surface area (Å²) in [5, 5.41) is 10.4. The molecule has 1 atom stereocenters. The van der Waals surface area contributed by atoms with Gasteiger partial charge in [0.15, 0.2) is 0 Å². The Hall–Kier alpha value is -0.800. The number of likely N-dealkylation sites (tertiary alicyclic amines) is 1. The van der Waals surface area contributed by atoms with Gasteiger partial charge in [-0.2, -0.15) is 0 Å². The lowest BCUT2D eigenvalue weighted by Crippen LogP contribution is -2.33. The fraction of sp³-hybridized carbons (Fsp3) is 0.778. The van der Waals surface area contributed by atoms with Gasteiger partial charge in [-0.25, -0.2) is 0 Å². The molecule has 1 saturated heterocycles. The van der Waals surface area contributed by atoms with Crippen LogP contribution in [0.2, 0.25) is 0 Å². The second kappa shape index (κ2) is 5.77. The predicted octanol–water partition coefficient (Wildman–Crippen LogP) is 3.29. The van der Waals surface area contributed by atoms with Gasteiger partial charge in [0.25, 0.3) is 0 Å². The van der Waals surface area contributed by atoms with Crippen LogP contribution in [-0.2, 0) is 13.0 Å². The molecule has 3 rings (SSSR count). The van der Waals surface area contributed by atoms with Crippen LogP contribution in [0.1, 0.15) is 62.6 Å². The van der Waals surface area contributed by atoms with Crippen molar-refractivity contribution in [2.24, 2.45) is 5.41 Å². The van der Waals surface area contributed by atoms with Crippen LogP contribution in [0.3, 0.4) is 0 Å². The Morgan fingerprint density at radius 3 is 2.62 bits per heavy atom. The third-order valence-electron chi connectivity index (χ3n) is 5.29. The summed E-state index contributed by atoms with van der Waals surface area (Å²) in [5.41, 5.74) is 4.09. The van der Waals surface area contributed by atoms with E-state index in [-0.39, 0.29) is 11.5 Å². The summed E-state index contributed by atoms with van der Waals surface area (Å²) in [7, 11) is 0. The molecule has 2 aliphatic rings. The molecule has 1 fully saturated rings. The third-order valence-corrected chi connectivity index (χ3v) is 5.29. The largest absolute Gasteiger partial charge is 0.388 e. The van der Waals surface area contributed by atoms with Gasteiger partial charge in [-0.1, -0.05) is 20.3 Å². The SMILES string of the molecule is Cc1cc2c(n1CCN1CCCCC1)CC(C)(C)CC2O. The molecule has 3 heteroatoms. The maximum Gasteiger partial charge on any atom is 0.0812 e. The average Bonchev–Trinajstić information content (AvgIpc) is 2.73. The Balaban J connectivity index is 1.76. The number of aliphatic hydroxyl groups is 1. The fourth-order valence-corrected chi connectivity index (χ4v) is 4.14. The number of aromatic nitrogens is 1. The molecule has 1 unspecified atom stereocenters. The lowest BCUT2D eigenvalue weighted by molar-refractivity contribution is 0.0976. The number of nitrogens with zero attached hydrogens (tertiary/aromatic N) is 2. The van der Waals surface area contributed by atoms with Crippen LogP contribution in [0.4, 0.5) is 0 Å². The normalized spacial score (nSPS) is 25.8. The van der Waals surface area contributed by atoms with Crippen LogP contribution in [0.15, 0.2) is 6.07 Å². The standard InChI is InChI=1S/C18H30N2O/c1-14-11-15-16(12-18(2,3)13-17(15)21)20(14)10-9-19-7-5-4-6-8-19/h11,17,21H,4-10,12-13H2,1-3H3. The van der Waals surface area contributed by atoms with E-state index in [0.29, 0.717) is 0 Å². The van der Waals surface area contributed by atoms with Crippen LogP contribution >= 0.6 is 0 Å². The smallest absolute Gasteiger partial charge is 0.0812 e. The first-order valence-corrected chi connectivity index (χ1v) is 8.56. The van der Waals surface area contributed by atoms with E-state index in [1.165, 1.54) is 49.3 Å². The van der Waals surface area contributed by atoms with Crippen molar-refractivity contribution < 1.29 is 5.11 Å². The molecule has 1 aliphatic carbocycles. The topological polar surface area (TPSA) is 28.4 Å². The Bertz CT molecular complexity index is 498. The van der Waals surface area contributed by atoms with E-state index in [0.717, 1.165) is 25.9 Å². The van der Waals surface area contributed by atoms with Gasteiger partial charge in [0.05, 0.1) is 6.10 Å². The summed E-state index contributed by atoms with van der Waals surface area (Å²) in [5.74, 6) is 0. The summed E-state index contributed by atoms with van der Waals surface area (Å²) in [6.07, 6.45) is 5.80. The van der Waals surface area contributed by atoms with Crippen LogP contribution < -0.4 is 0 Å². The van der Waals surface area contributed by atoms with Gasteiger partial charge < -0.3 is 14.6 Å². The molecule has 3 nitrogen and oxygen atoms in total. The molecule has 1 aromatic heterocycles. The lowest BCUT2D eigenvalue weighted by Gasteiger charge is -2.34. The van der Waals surface area contributed by atoms with E-state index in [4.69, 9.17) is 0 Å². The zero-order chi connectivity index (χ0) is 15.0. The maximum atomic E-state index is 10.4. The van der Waals surface area contributed by atoms with Gasteiger partial charge >= 0.3 is 0 Å². The van der Waals surface area contributed by atoms with Gasteiger partial charge in [0.1, 0.15) is 0 Å². The lowest BCUT2D eigenvalue weighted by atomic mass is 9.75. The molecule has 21 heavy (non-hydrogen) atoms. The Morgan fingerprint density at radius 2 is 1.90 bits per heavy atom. The van der Waals surface area contributed by atoms with Crippen molar-refractivity contribution in [2.45, 2.75) is 65.5 Å². The molecule has 0 bridgehead atoms. The number of aliphatic hydroxyl groups excluding tert-OH is 1. The molecule has 1 N–H and O–H groups in total. The zero-order valence-electron chi connectivity index (χ0n) is 13.9. The molecule has 0 saturated carbocycles. The number of fused-ring (bicyclic) bond motifs is 1. The van der Waals surface area contributed by atoms with Crippen molar-refractivity contribution in [3.8, 4) is 0 Å². The minimum Gasteiger partial charge on any atom is -0.388 e. The summed E-state index contributed by atoms with van der Waals surface area (Å²) in [6.45, 7) is 11.5. The molecule has 0 amide bonds. The summed E-state index contributed by atoms with van der Waals surface area (Å²) < 4.78 is 2.47. The summed E-state index contributed by atoms with van der Waals surface area (Å²) >= 11 is 0. The first-order valence-electron chi connectivity index (χ1n) is 8.56. The number of piperidine rings is 1. The Labute approximate surface area is 129 Å². The molecule has 1 aromatic rings. The molecule has 2 heterocycles. The third kappa shape index (κ3) is 3.19. The van der Waals surface area contributed by atoms with Crippen molar-refractivity contribution in [1.29, 1.82) is 0 Å². The van der Waals surface area contributed by atoms with Gasteiger partial charge in [-0.15, -0.1) is 0 Å². The van der Waals surface area contributed by atoms with Gasteiger partial charge in [0.2, 0.25) is 0 Å². The van der Waals surface area contributed by atoms with E-state index in [1.54, 1.807) is 0 Å². The van der Waals surface area contributed by atoms with Crippen molar-refractivity contribution >= 4 is 0 Å². The molecule has 0 aromatic carbocycles. The number of hydrogen-bond donors (Lipinski definition) is 1. The number of hydrogen-bond acceptors (Lipinski definition) is 2. The number of aryl methyl sites for hydroxylation is 1. The maximum absolute atomic E-state index is 10.4. The monoisotopic (exact) mass is 290 g/mol. The Morgan fingerprint density at radius 1 is 1.19 bits per heavy atom. The van der Waals surface area contributed by atoms with E-state index in [1.807, 2.05) is 0 Å². The molecule has 1 aliphatic heterocycles. The van der Waals surface area contributed by atoms with E-state index >= 15 is 0 Å². The minimum absolute atomic E-state index is 0.208. The average molecular weight is 290 g/mol.